The normalized spacial score (nSPS) is 17.5. The molecule has 2 aliphatic heterocycles. The van der Waals surface area contributed by atoms with Crippen LogP contribution in [0.5, 0.6) is 11.5 Å². The summed E-state index contributed by atoms with van der Waals surface area (Å²) < 4.78 is 10.8. The number of methoxy groups -OCH3 is 2. The lowest BCUT2D eigenvalue weighted by Crippen LogP contribution is -2.49. The first-order valence-electron chi connectivity index (χ1n) is 12.0. The molecule has 7 heteroatoms. The van der Waals surface area contributed by atoms with Crippen LogP contribution in [0.25, 0.3) is 6.08 Å². The molecular formula is C29H29N3O3S. The molecule has 3 aromatic rings. The highest BCUT2D eigenvalue weighted by molar-refractivity contribution is 8.18. The van der Waals surface area contributed by atoms with Gasteiger partial charge >= 0.3 is 0 Å². The molecule has 184 valence electrons. The monoisotopic (exact) mass is 499 g/mol. The summed E-state index contributed by atoms with van der Waals surface area (Å²) in [6.45, 7) is 3.39. The van der Waals surface area contributed by atoms with E-state index in [2.05, 4.69) is 75.5 Å². The van der Waals surface area contributed by atoms with Crippen LogP contribution in [0, 0.1) is 0 Å². The van der Waals surface area contributed by atoms with Gasteiger partial charge in [0, 0.05) is 37.8 Å². The second-order valence-electron chi connectivity index (χ2n) is 8.66. The van der Waals surface area contributed by atoms with E-state index < -0.39 is 0 Å². The highest BCUT2D eigenvalue weighted by Crippen LogP contribution is 2.35. The third-order valence-electron chi connectivity index (χ3n) is 6.52. The number of amidine groups is 1. The lowest BCUT2D eigenvalue weighted by molar-refractivity contribution is -0.113. The summed E-state index contributed by atoms with van der Waals surface area (Å²) in [5.41, 5.74) is 3.40. The molecule has 0 bridgehead atoms. The molecule has 0 atom stereocenters. The average molecular weight is 500 g/mol. The Balaban J connectivity index is 1.28. The topological polar surface area (TPSA) is 54.4 Å². The van der Waals surface area contributed by atoms with Gasteiger partial charge in [-0.25, -0.2) is 0 Å². The van der Waals surface area contributed by atoms with Crippen molar-refractivity contribution in [2.45, 2.75) is 6.04 Å². The number of benzene rings is 3. The largest absolute Gasteiger partial charge is 0.497 e. The van der Waals surface area contributed by atoms with E-state index in [4.69, 9.17) is 9.47 Å². The average Bonchev–Trinajstić information content (AvgIpc) is 3.30. The van der Waals surface area contributed by atoms with Gasteiger partial charge in [-0.1, -0.05) is 60.7 Å². The van der Waals surface area contributed by atoms with Gasteiger partial charge in [0.05, 0.1) is 25.2 Å². The second-order valence-corrected chi connectivity index (χ2v) is 9.67. The first-order chi connectivity index (χ1) is 17.7. The van der Waals surface area contributed by atoms with Crippen LogP contribution in [0.4, 0.5) is 0 Å². The quantitative estimate of drug-likeness (QED) is 0.441. The van der Waals surface area contributed by atoms with Crippen molar-refractivity contribution in [2.75, 3.05) is 40.4 Å². The van der Waals surface area contributed by atoms with Crippen molar-refractivity contribution < 1.29 is 14.3 Å². The van der Waals surface area contributed by atoms with Crippen molar-refractivity contribution in [3.63, 3.8) is 0 Å². The molecule has 0 radical (unpaired) electrons. The number of ether oxygens (including phenoxy) is 2. The Kier molecular flexibility index (Phi) is 7.39. The van der Waals surface area contributed by atoms with E-state index in [1.165, 1.54) is 22.9 Å². The summed E-state index contributed by atoms with van der Waals surface area (Å²) in [5, 5.41) is 0.773. The van der Waals surface area contributed by atoms with Crippen LogP contribution in [-0.2, 0) is 4.79 Å². The maximum atomic E-state index is 12.7. The molecule has 0 N–H and O–H groups in total. The smallest absolute Gasteiger partial charge is 0.286 e. The molecule has 1 fully saturated rings. The number of rotatable bonds is 6. The first kappa shape index (κ1) is 24.2. The second kappa shape index (κ2) is 11.0. The van der Waals surface area contributed by atoms with E-state index in [0.717, 1.165) is 36.9 Å². The Hall–Kier alpha value is -3.55. The summed E-state index contributed by atoms with van der Waals surface area (Å²) in [6, 6.07) is 27.1. The fourth-order valence-corrected chi connectivity index (χ4v) is 5.62. The van der Waals surface area contributed by atoms with E-state index in [1.54, 1.807) is 14.2 Å². The van der Waals surface area contributed by atoms with E-state index in [-0.39, 0.29) is 11.9 Å². The van der Waals surface area contributed by atoms with Crippen molar-refractivity contribution >= 4 is 28.9 Å². The molecule has 5 rings (SSSR count). The predicted molar refractivity (Wildman–Crippen MR) is 145 cm³/mol. The highest BCUT2D eigenvalue weighted by Gasteiger charge is 2.31. The molecule has 1 saturated heterocycles. The number of carbonyl (C=O) groups excluding carboxylic acids is 1. The standard InChI is InChI=1S/C29H29N3O3S/c1-34-24-14-13-23(25(20-24)35-2)19-26-28(33)30-29(36-26)32-17-15-31(16-18-32)27(21-9-5-3-6-10-21)22-11-7-4-8-12-22/h3-14,19-20,27H,15-18H2,1-2H3/b26-19+. The summed E-state index contributed by atoms with van der Waals surface area (Å²) in [6.07, 6.45) is 1.85. The highest BCUT2D eigenvalue weighted by atomic mass is 32.2. The zero-order chi connectivity index (χ0) is 24.9. The molecule has 36 heavy (non-hydrogen) atoms. The maximum absolute atomic E-state index is 12.7. The molecule has 0 saturated carbocycles. The van der Waals surface area contributed by atoms with E-state index in [1.807, 2.05) is 24.3 Å². The van der Waals surface area contributed by atoms with Crippen LogP contribution in [-0.4, -0.2) is 61.3 Å². The SMILES string of the molecule is COc1ccc(/C=C2/SC(N3CCN(C(c4ccccc4)c4ccccc4)CC3)=NC2=O)c(OC)c1. The van der Waals surface area contributed by atoms with Gasteiger partial charge in [-0.2, -0.15) is 4.99 Å². The number of hydrogen-bond donors (Lipinski definition) is 0. The zero-order valence-electron chi connectivity index (χ0n) is 20.5. The van der Waals surface area contributed by atoms with Gasteiger partial charge in [0.25, 0.3) is 5.91 Å². The first-order valence-corrected chi connectivity index (χ1v) is 12.8. The molecular weight excluding hydrogens is 470 g/mol. The van der Waals surface area contributed by atoms with E-state index >= 15 is 0 Å². The number of aliphatic imine (C=N–C) groups is 1. The zero-order valence-corrected chi connectivity index (χ0v) is 21.3. The van der Waals surface area contributed by atoms with Gasteiger partial charge in [0.2, 0.25) is 0 Å². The number of nitrogens with zero attached hydrogens (tertiary/aromatic N) is 3. The van der Waals surface area contributed by atoms with Gasteiger partial charge < -0.3 is 14.4 Å². The fraction of sp³-hybridized carbons (Fsp3) is 0.241. The van der Waals surface area contributed by atoms with Gasteiger partial charge in [0.15, 0.2) is 5.17 Å². The third kappa shape index (κ3) is 5.17. The minimum absolute atomic E-state index is 0.201. The molecule has 6 nitrogen and oxygen atoms in total. The molecule has 0 spiro atoms. The Morgan fingerprint density at radius 1 is 0.861 bits per heavy atom. The maximum Gasteiger partial charge on any atom is 0.286 e. The molecule has 3 aromatic carbocycles. The van der Waals surface area contributed by atoms with Gasteiger partial charge in [0.1, 0.15) is 11.5 Å². The van der Waals surface area contributed by atoms with Crippen LogP contribution >= 0.6 is 11.8 Å². The molecule has 0 aliphatic carbocycles. The van der Waals surface area contributed by atoms with Crippen molar-refractivity contribution in [3.8, 4) is 11.5 Å². The predicted octanol–water partition coefficient (Wildman–Crippen LogP) is 5.08. The molecule has 1 amide bonds. The van der Waals surface area contributed by atoms with Gasteiger partial charge in [-0.3, -0.25) is 9.69 Å². The molecule has 0 aromatic heterocycles. The van der Waals surface area contributed by atoms with Crippen molar-refractivity contribution in [1.29, 1.82) is 0 Å². The Labute approximate surface area is 216 Å². The lowest BCUT2D eigenvalue weighted by Gasteiger charge is -2.40. The number of piperazine rings is 1. The van der Waals surface area contributed by atoms with Gasteiger partial charge in [-0.15, -0.1) is 0 Å². The summed E-state index contributed by atoms with van der Waals surface area (Å²) in [4.78, 5) is 22.4. The summed E-state index contributed by atoms with van der Waals surface area (Å²) >= 11 is 1.43. The van der Waals surface area contributed by atoms with Crippen LogP contribution in [0.1, 0.15) is 22.7 Å². The minimum Gasteiger partial charge on any atom is -0.497 e. The number of amides is 1. The van der Waals surface area contributed by atoms with Crippen molar-refractivity contribution in [3.05, 3.63) is 100 Å². The molecule has 2 heterocycles. The summed E-state index contributed by atoms with van der Waals surface area (Å²) in [7, 11) is 3.23. The van der Waals surface area contributed by atoms with E-state index in [9.17, 15) is 4.79 Å². The lowest BCUT2D eigenvalue weighted by atomic mass is 9.96. The fourth-order valence-electron chi connectivity index (χ4n) is 4.67. The van der Waals surface area contributed by atoms with Crippen LogP contribution in [0.3, 0.4) is 0 Å². The molecule has 0 unspecified atom stereocenters. The Bertz CT molecular complexity index is 1230. The number of carbonyl (C=O) groups is 1. The minimum atomic E-state index is -0.207. The van der Waals surface area contributed by atoms with E-state index in [0.29, 0.717) is 16.4 Å². The Morgan fingerprint density at radius 2 is 1.50 bits per heavy atom. The molecule has 2 aliphatic rings. The third-order valence-corrected chi connectivity index (χ3v) is 7.56. The van der Waals surface area contributed by atoms with Crippen molar-refractivity contribution in [2.24, 2.45) is 4.99 Å². The number of thioether (sulfide) groups is 1. The van der Waals surface area contributed by atoms with Crippen LogP contribution in [0.2, 0.25) is 0 Å². The van der Waals surface area contributed by atoms with Crippen LogP contribution in [0.15, 0.2) is 88.8 Å². The summed E-state index contributed by atoms with van der Waals surface area (Å²) in [5.74, 6) is 1.16. The van der Waals surface area contributed by atoms with Crippen molar-refractivity contribution in [1.82, 2.24) is 9.80 Å². The van der Waals surface area contributed by atoms with Crippen LogP contribution < -0.4 is 9.47 Å². The van der Waals surface area contributed by atoms with Gasteiger partial charge in [-0.05, 0) is 41.1 Å². The number of hydrogen-bond acceptors (Lipinski definition) is 6. The Morgan fingerprint density at radius 3 is 2.08 bits per heavy atom.